The van der Waals surface area contributed by atoms with Crippen molar-refractivity contribution in [2.24, 2.45) is 0 Å². The van der Waals surface area contributed by atoms with Gasteiger partial charge < -0.3 is 19.7 Å². The molecule has 0 spiro atoms. The smallest absolute Gasteiger partial charge is 0.410 e. The molecule has 2 saturated heterocycles. The highest BCUT2D eigenvalue weighted by atomic mass is 19.1. The van der Waals surface area contributed by atoms with Gasteiger partial charge in [0.25, 0.3) is 0 Å². The van der Waals surface area contributed by atoms with Crippen molar-refractivity contribution in [3.05, 3.63) is 35.6 Å². The van der Waals surface area contributed by atoms with Gasteiger partial charge in [-0.25, -0.2) is 9.18 Å². The summed E-state index contributed by atoms with van der Waals surface area (Å²) in [5.41, 5.74) is 0.410. The Morgan fingerprint density at radius 3 is 2.71 bits per heavy atom. The van der Waals surface area contributed by atoms with Crippen LogP contribution in [0.3, 0.4) is 0 Å². The molecule has 1 amide bonds. The Kier molecular flexibility index (Phi) is 4.78. The van der Waals surface area contributed by atoms with Crippen molar-refractivity contribution in [3.8, 4) is 0 Å². The third-order valence-corrected chi connectivity index (χ3v) is 4.42. The monoisotopic (exact) mass is 336 g/mol. The minimum Gasteiger partial charge on any atom is -0.444 e. The van der Waals surface area contributed by atoms with Crippen LogP contribution in [-0.2, 0) is 16.1 Å². The van der Waals surface area contributed by atoms with Crippen LogP contribution >= 0.6 is 0 Å². The molecule has 2 aliphatic heterocycles. The molecule has 0 radical (unpaired) electrons. The molecule has 0 saturated carbocycles. The average molecular weight is 336 g/mol. The van der Waals surface area contributed by atoms with E-state index < -0.39 is 5.60 Å². The van der Waals surface area contributed by atoms with Gasteiger partial charge in [-0.15, -0.1) is 0 Å². The molecule has 6 heteroatoms. The van der Waals surface area contributed by atoms with E-state index >= 15 is 0 Å². The first-order valence-electron chi connectivity index (χ1n) is 8.42. The lowest BCUT2D eigenvalue weighted by Crippen LogP contribution is -2.42. The molecular weight excluding hydrogens is 311 g/mol. The fraction of sp³-hybridized carbons (Fsp3) is 0.611. The highest BCUT2D eigenvalue weighted by Crippen LogP contribution is 2.29. The van der Waals surface area contributed by atoms with Crippen molar-refractivity contribution in [2.45, 2.75) is 57.6 Å². The van der Waals surface area contributed by atoms with Crippen molar-refractivity contribution >= 4 is 6.09 Å². The zero-order valence-electron chi connectivity index (χ0n) is 14.4. The Labute approximate surface area is 142 Å². The van der Waals surface area contributed by atoms with Crippen molar-refractivity contribution in [1.29, 1.82) is 0 Å². The molecule has 0 aliphatic carbocycles. The van der Waals surface area contributed by atoms with Gasteiger partial charge in [0, 0.05) is 0 Å². The minimum atomic E-state index is -0.508. The van der Waals surface area contributed by atoms with E-state index in [4.69, 9.17) is 9.47 Å². The van der Waals surface area contributed by atoms with Crippen molar-refractivity contribution in [2.75, 3.05) is 13.1 Å². The van der Waals surface area contributed by atoms with Crippen LogP contribution in [0.5, 0.6) is 0 Å². The summed E-state index contributed by atoms with van der Waals surface area (Å²) in [7, 11) is 0. The molecule has 3 rings (SSSR count). The topological polar surface area (TPSA) is 50.8 Å². The first kappa shape index (κ1) is 17.2. The predicted octanol–water partition coefficient (Wildman–Crippen LogP) is 2.69. The van der Waals surface area contributed by atoms with Gasteiger partial charge in [0.1, 0.15) is 11.4 Å². The summed E-state index contributed by atoms with van der Waals surface area (Å²) < 4.78 is 24.5. The summed E-state index contributed by atoms with van der Waals surface area (Å²) in [6.45, 7) is 7.39. The van der Waals surface area contributed by atoms with Gasteiger partial charge in [0.2, 0.25) is 0 Å². The van der Waals surface area contributed by atoms with Gasteiger partial charge in [-0.05, 0) is 51.4 Å². The number of ether oxygens (including phenoxy) is 2. The zero-order chi connectivity index (χ0) is 17.3. The molecule has 1 aromatic rings. The summed E-state index contributed by atoms with van der Waals surface area (Å²) >= 11 is 0. The van der Waals surface area contributed by atoms with Crippen LogP contribution in [0.25, 0.3) is 0 Å². The van der Waals surface area contributed by atoms with Crippen LogP contribution in [0, 0.1) is 5.82 Å². The number of halogens is 1. The number of nitrogens with one attached hydrogen (secondary N) is 1. The Bertz CT molecular complexity index is 585. The molecule has 2 fully saturated rings. The summed E-state index contributed by atoms with van der Waals surface area (Å²) in [6.07, 6.45) is 0.532. The van der Waals surface area contributed by atoms with Crippen LogP contribution in [0.4, 0.5) is 9.18 Å². The van der Waals surface area contributed by atoms with E-state index in [0.29, 0.717) is 13.2 Å². The number of carbonyl (C=O) groups excluding carboxylic acids is 1. The maximum absolute atomic E-state index is 13.0. The van der Waals surface area contributed by atoms with Crippen LogP contribution in [0.2, 0.25) is 0 Å². The highest BCUT2D eigenvalue weighted by Gasteiger charge is 2.48. The summed E-state index contributed by atoms with van der Waals surface area (Å²) in [4.78, 5) is 14.2. The SMILES string of the molecule is CC(C)(C)OC(=O)N1C[C@H](OCc2ccc(F)cc2)C2NCC[C@H]21. The number of likely N-dealkylation sites (tertiary alicyclic amines) is 1. The number of amides is 1. The van der Waals surface area contributed by atoms with Crippen molar-refractivity contribution in [1.82, 2.24) is 10.2 Å². The van der Waals surface area contributed by atoms with E-state index in [1.54, 1.807) is 17.0 Å². The molecule has 5 nitrogen and oxygen atoms in total. The highest BCUT2D eigenvalue weighted by molar-refractivity contribution is 5.69. The Morgan fingerprint density at radius 1 is 1.33 bits per heavy atom. The van der Waals surface area contributed by atoms with E-state index in [9.17, 15) is 9.18 Å². The van der Waals surface area contributed by atoms with Gasteiger partial charge in [0.05, 0.1) is 31.3 Å². The molecule has 3 atom stereocenters. The minimum absolute atomic E-state index is 0.0879. The van der Waals surface area contributed by atoms with Crippen LogP contribution < -0.4 is 5.32 Å². The fourth-order valence-corrected chi connectivity index (χ4v) is 3.36. The second kappa shape index (κ2) is 6.69. The molecule has 24 heavy (non-hydrogen) atoms. The predicted molar refractivity (Wildman–Crippen MR) is 88.1 cm³/mol. The molecule has 0 bridgehead atoms. The number of nitrogens with zero attached hydrogens (tertiary/aromatic N) is 1. The lowest BCUT2D eigenvalue weighted by molar-refractivity contribution is 0.0126. The second-order valence-electron chi connectivity index (χ2n) is 7.44. The number of carbonyl (C=O) groups is 1. The molecule has 1 aromatic carbocycles. The Balaban J connectivity index is 1.62. The summed E-state index contributed by atoms with van der Waals surface area (Å²) in [5.74, 6) is -0.256. The maximum atomic E-state index is 13.0. The van der Waals surface area contributed by atoms with E-state index in [2.05, 4.69) is 5.32 Å². The van der Waals surface area contributed by atoms with E-state index in [1.807, 2.05) is 20.8 Å². The molecule has 1 N–H and O–H groups in total. The molecule has 0 aromatic heterocycles. The normalized spacial score (nSPS) is 26.5. The van der Waals surface area contributed by atoms with Crippen LogP contribution in [-0.4, -0.2) is 47.9 Å². The van der Waals surface area contributed by atoms with Crippen molar-refractivity contribution < 1.29 is 18.7 Å². The molecule has 1 unspecified atom stereocenters. The first-order chi connectivity index (χ1) is 11.3. The fourth-order valence-electron chi connectivity index (χ4n) is 3.36. The number of hydrogen-bond donors (Lipinski definition) is 1. The van der Waals surface area contributed by atoms with E-state index in [0.717, 1.165) is 18.5 Å². The average Bonchev–Trinajstić information content (AvgIpc) is 3.07. The molecular formula is C18H25FN2O3. The van der Waals surface area contributed by atoms with Gasteiger partial charge in [-0.3, -0.25) is 0 Å². The second-order valence-corrected chi connectivity index (χ2v) is 7.44. The molecule has 2 heterocycles. The molecule has 132 valence electrons. The maximum Gasteiger partial charge on any atom is 0.410 e. The number of hydrogen-bond acceptors (Lipinski definition) is 4. The lowest BCUT2D eigenvalue weighted by Gasteiger charge is -2.27. The van der Waals surface area contributed by atoms with E-state index in [-0.39, 0.29) is 30.1 Å². The summed E-state index contributed by atoms with van der Waals surface area (Å²) in [6, 6.07) is 6.52. The summed E-state index contributed by atoms with van der Waals surface area (Å²) in [5, 5.41) is 3.43. The van der Waals surface area contributed by atoms with Crippen LogP contribution in [0.15, 0.2) is 24.3 Å². The molecule has 2 aliphatic rings. The Hall–Kier alpha value is -1.66. The van der Waals surface area contributed by atoms with Crippen molar-refractivity contribution in [3.63, 3.8) is 0 Å². The van der Waals surface area contributed by atoms with Gasteiger partial charge >= 0.3 is 6.09 Å². The third kappa shape index (κ3) is 3.87. The quantitative estimate of drug-likeness (QED) is 0.922. The lowest BCUT2D eigenvalue weighted by atomic mass is 10.1. The van der Waals surface area contributed by atoms with Gasteiger partial charge in [-0.2, -0.15) is 0 Å². The third-order valence-electron chi connectivity index (χ3n) is 4.42. The standard InChI is InChI=1S/C18H25FN2O3/c1-18(2,3)24-17(22)21-10-15(16-14(21)8-9-20-16)23-11-12-4-6-13(19)7-5-12/h4-7,14-16,20H,8-11H2,1-3H3/t14-,15+,16?/m1/s1. The van der Waals surface area contributed by atoms with Gasteiger partial charge in [-0.1, -0.05) is 12.1 Å². The largest absolute Gasteiger partial charge is 0.444 e. The first-order valence-corrected chi connectivity index (χ1v) is 8.42. The number of benzene rings is 1. The van der Waals surface area contributed by atoms with Gasteiger partial charge in [0.15, 0.2) is 0 Å². The Morgan fingerprint density at radius 2 is 2.04 bits per heavy atom. The van der Waals surface area contributed by atoms with E-state index in [1.165, 1.54) is 12.1 Å². The number of fused-ring (bicyclic) bond motifs is 1. The number of rotatable bonds is 3. The zero-order valence-corrected chi connectivity index (χ0v) is 14.4. The van der Waals surface area contributed by atoms with Crippen LogP contribution in [0.1, 0.15) is 32.8 Å².